The average Bonchev–Trinajstić information content (AvgIpc) is 3.17. The van der Waals surface area contributed by atoms with Gasteiger partial charge in [-0.1, -0.05) is 23.5 Å². The van der Waals surface area contributed by atoms with Crippen molar-refractivity contribution < 1.29 is 4.92 Å². The highest BCUT2D eigenvalue weighted by molar-refractivity contribution is 7.15. The second kappa shape index (κ2) is 5.87. The van der Waals surface area contributed by atoms with Crippen LogP contribution in [0.25, 0.3) is 22.4 Å². The minimum atomic E-state index is -0.475. The predicted octanol–water partition coefficient (Wildman–Crippen LogP) is 1.67. The Hall–Kier alpha value is -3.46. The van der Waals surface area contributed by atoms with Gasteiger partial charge in [-0.15, -0.1) is 10.2 Å². The molecule has 4 aromatic rings. The Morgan fingerprint density at radius 2 is 2.00 bits per heavy atom. The molecule has 0 aliphatic rings. The molecule has 0 bridgehead atoms. The Labute approximate surface area is 143 Å². The van der Waals surface area contributed by atoms with E-state index in [-0.39, 0.29) is 11.2 Å². The Kier molecular flexibility index (Phi) is 3.55. The van der Waals surface area contributed by atoms with Crippen molar-refractivity contribution >= 4 is 28.1 Å². The molecule has 122 valence electrons. The van der Waals surface area contributed by atoms with Gasteiger partial charge in [-0.25, -0.2) is 4.40 Å². The van der Waals surface area contributed by atoms with Crippen LogP contribution in [0.4, 0.5) is 5.69 Å². The maximum absolute atomic E-state index is 12.7. The minimum Gasteiger partial charge on any atom is -0.267 e. The molecule has 0 radical (unpaired) electrons. The molecule has 0 aliphatic carbocycles. The van der Waals surface area contributed by atoms with E-state index in [4.69, 9.17) is 0 Å². The van der Waals surface area contributed by atoms with Crippen molar-refractivity contribution in [1.29, 1.82) is 0 Å². The van der Waals surface area contributed by atoms with Crippen molar-refractivity contribution in [3.8, 4) is 11.4 Å². The van der Waals surface area contributed by atoms with E-state index in [1.165, 1.54) is 16.5 Å². The topological polar surface area (TPSA) is 103 Å². The van der Waals surface area contributed by atoms with Gasteiger partial charge in [0.1, 0.15) is 0 Å². The average molecular weight is 351 g/mol. The van der Waals surface area contributed by atoms with Crippen molar-refractivity contribution in [3.63, 3.8) is 0 Å². The zero-order valence-corrected chi connectivity index (χ0v) is 13.4. The first-order chi connectivity index (χ1) is 12.1. The summed E-state index contributed by atoms with van der Waals surface area (Å²) in [6, 6.07) is 9.79. The number of fused-ring (bicyclic) bond motifs is 1. The minimum absolute atomic E-state index is 0.0569. The lowest BCUT2D eigenvalue weighted by molar-refractivity contribution is -0.385. The number of aromatic nitrogens is 4. The van der Waals surface area contributed by atoms with Gasteiger partial charge in [-0.2, -0.15) is 0 Å². The number of pyridine rings is 1. The Morgan fingerprint density at radius 1 is 1.16 bits per heavy atom. The fourth-order valence-electron chi connectivity index (χ4n) is 2.46. The van der Waals surface area contributed by atoms with Gasteiger partial charge in [0.15, 0.2) is 5.82 Å². The summed E-state index contributed by atoms with van der Waals surface area (Å²) < 4.78 is 1.74. The zero-order valence-electron chi connectivity index (χ0n) is 12.6. The number of benzene rings is 1. The highest BCUT2D eigenvalue weighted by Gasteiger charge is 2.15. The summed E-state index contributed by atoms with van der Waals surface area (Å²) in [4.78, 5) is 27.8. The molecule has 0 atom stereocenters. The van der Waals surface area contributed by atoms with E-state index in [0.717, 1.165) is 11.3 Å². The van der Waals surface area contributed by atoms with Crippen LogP contribution in [0, 0.1) is 10.1 Å². The molecule has 0 spiro atoms. The summed E-state index contributed by atoms with van der Waals surface area (Å²) >= 11 is 1.13. The van der Waals surface area contributed by atoms with E-state index >= 15 is 0 Å². The fourth-order valence-corrected chi connectivity index (χ4v) is 3.37. The van der Waals surface area contributed by atoms with Crippen LogP contribution in [0.15, 0.2) is 53.6 Å². The molecule has 0 N–H and O–H groups in total. The molecule has 3 heterocycles. The van der Waals surface area contributed by atoms with Crippen LogP contribution < -0.4 is 10.1 Å². The van der Waals surface area contributed by atoms with E-state index < -0.39 is 4.92 Å². The third-order valence-electron chi connectivity index (χ3n) is 3.59. The second-order valence-electron chi connectivity index (χ2n) is 5.12. The van der Waals surface area contributed by atoms with Crippen molar-refractivity contribution in [2.24, 2.45) is 0 Å². The summed E-state index contributed by atoms with van der Waals surface area (Å²) in [6.45, 7) is 0. The third kappa shape index (κ3) is 2.56. The van der Waals surface area contributed by atoms with Gasteiger partial charge >= 0.3 is 0 Å². The van der Waals surface area contributed by atoms with Crippen molar-refractivity contribution in [3.05, 3.63) is 79.4 Å². The van der Waals surface area contributed by atoms with Crippen LogP contribution in [0.1, 0.15) is 5.56 Å². The van der Waals surface area contributed by atoms with Gasteiger partial charge in [-0.05, 0) is 24.3 Å². The molecule has 0 amide bonds. The van der Waals surface area contributed by atoms with Crippen LogP contribution in [0.3, 0.4) is 0 Å². The number of hydrogen-bond donors (Lipinski definition) is 0. The monoisotopic (exact) mass is 351 g/mol. The first kappa shape index (κ1) is 15.1. The Bertz CT molecular complexity index is 1200. The highest BCUT2D eigenvalue weighted by atomic mass is 32.1. The third-order valence-corrected chi connectivity index (χ3v) is 4.55. The summed E-state index contributed by atoms with van der Waals surface area (Å²) in [5.74, 6) is 0.395. The Balaban J connectivity index is 1.94. The smallest absolute Gasteiger partial charge is 0.267 e. The van der Waals surface area contributed by atoms with Gasteiger partial charge in [0.05, 0.1) is 15.0 Å². The maximum atomic E-state index is 12.7. The molecule has 1 aromatic carbocycles. The van der Waals surface area contributed by atoms with Crippen LogP contribution in [0.5, 0.6) is 0 Å². The molecule has 3 aromatic heterocycles. The van der Waals surface area contributed by atoms with E-state index in [0.29, 0.717) is 26.4 Å². The molecule has 9 heteroatoms. The van der Waals surface area contributed by atoms with E-state index in [9.17, 15) is 14.9 Å². The van der Waals surface area contributed by atoms with Gasteiger partial charge in [-0.3, -0.25) is 19.9 Å². The SMILES string of the molecule is O=c1/c(=C/c2ccccc2[N+](=O)[O-])sc2nnc(-c3cccnc3)n12. The van der Waals surface area contributed by atoms with Crippen LogP contribution in [0.2, 0.25) is 0 Å². The second-order valence-corrected chi connectivity index (χ2v) is 6.12. The number of nitro groups is 1. The van der Waals surface area contributed by atoms with E-state index in [1.807, 2.05) is 0 Å². The van der Waals surface area contributed by atoms with Gasteiger partial charge in [0.2, 0.25) is 4.96 Å². The first-order valence-corrected chi connectivity index (χ1v) is 8.00. The lowest BCUT2D eigenvalue weighted by atomic mass is 10.2. The molecule has 0 saturated heterocycles. The van der Waals surface area contributed by atoms with Crippen molar-refractivity contribution in [2.75, 3.05) is 0 Å². The summed E-state index contributed by atoms with van der Waals surface area (Å²) in [5.41, 5.74) is 0.660. The number of nitro benzene ring substituents is 1. The summed E-state index contributed by atoms with van der Waals surface area (Å²) in [5, 5.41) is 19.2. The number of nitrogens with zero attached hydrogens (tertiary/aromatic N) is 5. The summed E-state index contributed by atoms with van der Waals surface area (Å²) in [6.07, 6.45) is 4.73. The number of thiazole rings is 1. The molecular formula is C16H9N5O3S. The van der Waals surface area contributed by atoms with Gasteiger partial charge < -0.3 is 0 Å². The number of hydrogen-bond acceptors (Lipinski definition) is 7. The number of rotatable bonds is 3. The van der Waals surface area contributed by atoms with Crippen LogP contribution in [-0.2, 0) is 0 Å². The van der Waals surface area contributed by atoms with E-state index in [2.05, 4.69) is 15.2 Å². The molecule has 0 aliphatic heterocycles. The molecular weight excluding hydrogens is 342 g/mol. The fraction of sp³-hybridized carbons (Fsp3) is 0. The highest BCUT2D eigenvalue weighted by Crippen LogP contribution is 2.19. The van der Waals surface area contributed by atoms with Crippen LogP contribution in [-0.4, -0.2) is 24.5 Å². The zero-order chi connectivity index (χ0) is 17.4. The van der Waals surface area contributed by atoms with Crippen LogP contribution >= 0.6 is 11.3 Å². The quantitative estimate of drug-likeness (QED) is 0.411. The Morgan fingerprint density at radius 3 is 2.76 bits per heavy atom. The largest absolute Gasteiger partial charge is 0.276 e. The molecule has 4 rings (SSSR count). The molecule has 8 nitrogen and oxygen atoms in total. The lowest BCUT2D eigenvalue weighted by Gasteiger charge is -1.95. The molecule has 0 saturated carbocycles. The molecule has 0 unspecified atom stereocenters. The number of para-hydroxylation sites is 1. The van der Waals surface area contributed by atoms with E-state index in [1.54, 1.807) is 42.7 Å². The predicted molar refractivity (Wildman–Crippen MR) is 92.2 cm³/mol. The van der Waals surface area contributed by atoms with Crippen molar-refractivity contribution in [2.45, 2.75) is 0 Å². The molecule has 25 heavy (non-hydrogen) atoms. The van der Waals surface area contributed by atoms with Gasteiger partial charge in [0.25, 0.3) is 11.2 Å². The van der Waals surface area contributed by atoms with Crippen molar-refractivity contribution in [1.82, 2.24) is 19.6 Å². The summed E-state index contributed by atoms with van der Waals surface area (Å²) in [7, 11) is 0. The van der Waals surface area contributed by atoms with Gasteiger partial charge in [0, 0.05) is 24.0 Å². The maximum Gasteiger partial charge on any atom is 0.276 e. The standard InChI is InChI=1S/C16H9N5O3S/c22-15-13(8-10-4-1-2-6-12(10)21(23)24)25-16-19-18-14(20(15)16)11-5-3-7-17-9-11/h1-9H/b13-8-. The first-order valence-electron chi connectivity index (χ1n) is 7.18. The molecule has 0 fully saturated rings. The lowest BCUT2D eigenvalue weighted by Crippen LogP contribution is -2.23. The normalized spacial score (nSPS) is 11.9.